The quantitative estimate of drug-likeness (QED) is 0.639. The second kappa shape index (κ2) is 8.52. The molecule has 1 amide bonds. The highest BCUT2D eigenvalue weighted by Crippen LogP contribution is 2.29. The monoisotopic (exact) mass is 376 g/mol. The number of para-hydroxylation sites is 1. The topological polar surface area (TPSA) is 76.1 Å². The number of carbonyl (C=O) groups is 1. The minimum atomic E-state index is -0.328. The molecule has 0 aliphatic carbocycles. The van der Waals surface area contributed by atoms with E-state index in [-0.39, 0.29) is 11.6 Å². The van der Waals surface area contributed by atoms with Crippen LogP contribution in [0.3, 0.4) is 0 Å². The van der Waals surface area contributed by atoms with E-state index >= 15 is 0 Å². The molecule has 0 aliphatic rings. The number of hydrogen-bond acceptors (Lipinski definition) is 5. The van der Waals surface area contributed by atoms with Crippen LogP contribution in [0.4, 0.5) is 17.2 Å². The summed E-state index contributed by atoms with van der Waals surface area (Å²) in [5.74, 6) is 1.31. The standard InChI is InChI=1S/C22H24N4O2/c1-14(2)18-10-5-7-15(3)21(18)26-20-13-23-19(12-24-20)22(27)25-16-8-6-9-17(11-16)28-4/h5-14H,1-4H3,(H,24,26)(H,25,27). The fourth-order valence-electron chi connectivity index (χ4n) is 2.88. The van der Waals surface area contributed by atoms with Crippen molar-refractivity contribution in [2.45, 2.75) is 26.7 Å². The number of anilines is 3. The largest absolute Gasteiger partial charge is 0.497 e. The number of methoxy groups -OCH3 is 1. The molecular formula is C22H24N4O2. The van der Waals surface area contributed by atoms with Gasteiger partial charge in [0, 0.05) is 17.4 Å². The van der Waals surface area contributed by atoms with E-state index in [2.05, 4.69) is 53.5 Å². The smallest absolute Gasteiger partial charge is 0.275 e. The van der Waals surface area contributed by atoms with Crippen LogP contribution in [-0.2, 0) is 0 Å². The lowest BCUT2D eigenvalue weighted by Crippen LogP contribution is -2.14. The molecule has 6 nitrogen and oxygen atoms in total. The molecule has 1 heterocycles. The first-order valence-corrected chi connectivity index (χ1v) is 9.12. The molecule has 2 aromatic carbocycles. The second-order valence-corrected chi connectivity index (χ2v) is 6.79. The van der Waals surface area contributed by atoms with Gasteiger partial charge in [0.2, 0.25) is 0 Å². The maximum Gasteiger partial charge on any atom is 0.275 e. The fraction of sp³-hybridized carbons (Fsp3) is 0.227. The van der Waals surface area contributed by atoms with E-state index in [0.29, 0.717) is 23.2 Å². The Morgan fingerprint density at radius 3 is 2.54 bits per heavy atom. The molecule has 0 bridgehead atoms. The zero-order valence-electron chi connectivity index (χ0n) is 16.5. The zero-order valence-corrected chi connectivity index (χ0v) is 16.5. The van der Waals surface area contributed by atoms with Crippen molar-refractivity contribution in [3.63, 3.8) is 0 Å². The molecule has 2 N–H and O–H groups in total. The number of nitrogens with zero attached hydrogens (tertiary/aromatic N) is 2. The predicted octanol–water partition coefficient (Wildman–Crippen LogP) is 4.91. The number of hydrogen-bond donors (Lipinski definition) is 2. The second-order valence-electron chi connectivity index (χ2n) is 6.79. The molecule has 0 unspecified atom stereocenters. The van der Waals surface area contributed by atoms with Crippen LogP contribution >= 0.6 is 0 Å². The summed E-state index contributed by atoms with van der Waals surface area (Å²) in [5, 5.41) is 6.12. The summed E-state index contributed by atoms with van der Waals surface area (Å²) in [5.41, 5.74) is 4.24. The van der Waals surface area contributed by atoms with Gasteiger partial charge in [0.15, 0.2) is 0 Å². The van der Waals surface area contributed by atoms with Crippen LogP contribution in [0.1, 0.15) is 41.4 Å². The Morgan fingerprint density at radius 2 is 1.86 bits per heavy atom. The molecule has 3 aromatic rings. The number of aromatic nitrogens is 2. The summed E-state index contributed by atoms with van der Waals surface area (Å²) >= 11 is 0. The van der Waals surface area contributed by atoms with E-state index in [0.717, 1.165) is 11.3 Å². The van der Waals surface area contributed by atoms with Gasteiger partial charge in [-0.1, -0.05) is 38.1 Å². The molecular weight excluding hydrogens is 352 g/mol. The van der Waals surface area contributed by atoms with Gasteiger partial charge < -0.3 is 15.4 Å². The number of ether oxygens (including phenoxy) is 1. The fourth-order valence-corrected chi connectivity index (χ4v) is 2.88. The molecule has 0 spiro atoms. The van der Waals surface area contributed by atoms with Crippen molar-refractivity contribution in [3.8, 4) is 5.75 Å². The molecule has 0 fully saturated rings. The molecule has 144 valence electrons. The first-order valence-electron chi connectivity index (χ1n) is 9.12. The van der Waals surface area contributed by atoms with Crippen LogP contribution in [0.5, 0.6) is 5.75 Å². The number of amides is 1. The Hall–Kier alpha value is -3.41. The molecule has 28 heavy (non-hydrogen) atoms. The molecule has 6 heteroatoms. The summed E-state index contributed by atoms with van der Waals surface area (Å²) in [4.78, 5) is 21.0. The molecule has 0 radical (unpaired) electrons. The van der Waals surface area contributed by atoms with Gasteiger partial charge >= 0.3 is 0 Å². The van der Waals surface area contributed by atoms with Crippen LogP contribution in [0.15, 0.2) is 54.9 Å². The number of aryl methyl sites for hydroxylation is 1. The van der Waals surface area contributed by atoms with E-state index in [1.807, 2.05) is 18.2 Å². The van der Waals surface area contributed by atoms with Crippen molar-refractivity contribution in [2.75, 3.05) is 17.7 Å². The molecule has 3 rings (SSSR count). The Bertz CT molecular complexity index is 969. The summed E-state index contributed by atoms with van der Waals surface area (Å²) in [6.45, 7) is 6.35. The number of benzene rings is 2. The van der Waals surface area contributed by atoms with Crippen molar-refractivity contribution in [2.24, 2.45) is 0 Å². The van der Waals surface area contributed by atoms with Crippen LogP contribution in [-0.4, -0.2) is 23.0 Å². The maximum atomic E-state index is 12.4. The van der Waals surface area contributed by atoms with Crippen LogP contribution in [0, 0.1) is 6.92 Å². The van der Waals surface area contributed by atoms with Crippen molar-refractivity contribution >= 4 is 23.1 Å². The number of nitrogens with one attached hydrogen (secondary N) is 2. The van der Waals surface area contributed by atoms with Gasteiger partial charge in [-0.2, -0.15) is 0 Å². The molecule has 0 atom stereocenters. The first-order chi connectivity index (χ1) is 13.5. The molecule has 0 aliphatic heterocycles. The van der Waals surface area contributed by atoms with Crippen molar-refractivity contribution < 1.29 is 9.53 Å². The highest BCUT2D eigenvalue weighted by atomic mass is 16.5. The minimum absolute atomic E-state index is 0.238. The summed E-state index contributed by atoms with van der Waals surface area (Å²) in [7, 11) is 1.58. The third kappa shape index (κ3) is 4.46. The summed E-state index contributed by atoms with van der Waals surface area (Å²) in [6.07, 6.45) is 3.03. The number of carbonyl (C=O) groups excluding carboxylic acids is 1. The lowest BCUT2D eigenvalue weighted by molar-refractivity contribution is 0.102. The number of rotatable bonds is 6. The lowest BCUT2D eigenvalue weighted by atomic mass is 9.98. The highest BCUT2D eigenvalue weighted by molar-refractivity contribution is 6.02. The van der Waals surface area contributed by atoms with Gasteiger partial charge in [-0.25, -0.2) is 9.97 Å². The molecule has 0 saturated heterocycles. The van der Waals surface area contributed by atoms with Crippen molar-refractivity contribution in [1.82, 2.24) is 9.97 Å². The Labute approximate surface area is 165 Å². The first kappa shape index (κ1) is 19.4. The van der Waals surface area contributed by atoms with E-state index in [9.17, 15) is 4.79 Å². The predicted molar refractivity (Wildman–Crippen MR) is 112 cm³/mol. The maximum absolute atomic E-state index is 12.4. The van der Waals surface area contributed by atoms with Crippen LogP contribution in [0.25, 0.3) is 0 Å². The Kier molecular flexibility index (Phi) is 5.89. The average molecular weight is 376 g/mol. The molecule has 1 aromatic heterocycles. The highest BCUT2D eigenvalue weighted by Gasteiger charge is 2.12. The molecule has 0 saturated carbocycles. The zero-order chi connectivity index (χ0) is 20.1. The van der Waals surface area contributed by atoms with E-state index < -0.39 is 0 Å². The summed E-state index contributed by atoms with van der Waals surface area (Å²) in [6, 6.07) is 13.4. The SMILES string of the molecule is COc1cccc(NC(=O)c2cnc(Nc3c(C)cccc3C(C)C)cn2)c1. The third-order valence-corrected chi connectivity index (χ3v) is 4.39. The normalized spacial score (nSPS) is 10.6. The van der Waals surface area contributed by atoms with Gasteiger partial charge in [0.05, 0.1) is 19.5 Å². The van der Waals surface area contributed by atoms with Gasteiger partial charge in [-0.15, -0.1) is 0 Å². The van der Waals surface area contributed by atoms with Crippen LogP contribution in [0.2, 0.25) is 0 Å². The van der Waals surface area contributed by atoms with Crippen molar-refractivity contribution in [1.29, 1.82) is 0 Å². The third-order valence-electron chi connectivity index (χ3n) is 4.39. The van der Waals surface area contributed by atoms with Crippen LogP contribution < -0.4 is 15.4 Å². The van der Waals surface area contributed by atoms with Gasteiger partial charge in [0.25, 0.3) is 5.91 Å². The van der Waals surface area contributed by atoms with E-state index in [4.69, 9.17) is 4.74 Å². The van der Waals surface area contributed by atoms with Gasteiger partial charge in [-0.05, 0) is 36.1 Å². The Balaban J connectivity index is 1.74. The lowest BCUT2D eigenvalue weighted by Gasteiger charge is -2.16. The van der Waals surface area contributed by atoms with Gasteiger partial charge in [0.1, 0.15) is 17.3 Å². The average Bonchev–Trinajstić information content (AvgIpc) is 2.70. The van der Waals surface area contributed by atoms with E-state index in [1.165, 1.54) is 11.8 Å². The minimum Gasteiger partial charge on any atom is -0.497 e. The summed E-state index contributed by atoms with van der Waals surface area (Å²) < 4.78 is 5.16. The van der Waals surface area contributed by atoms with Gasteiger partial charge in [-0.3, -0.25) is 4.79 Å². The van der Waals surface area contributed by atoms with Crippen molar-refractivity contribution in [3.05, 3.63) is 71.7 Å². The Morgan fingerprint density at radius 1 is 1.07 bits per heavy atom. The van der Waals surface area contributed by atoms with E-state index in [1.54, 1.807) is 25.4 Å².